The van der Waals surface area contributed by atoms with Gasteiger partial charge in [-0.05, 0) is 24.1 Å². The molecule has 0 saturated carbocycles. The molecule has 2 aromatic rings. The topological polar surface area (TPSA) is 29.3 Å². The van der Waals surface area contributed by atoms with E-state index < -0.39 is 0 Å². The smallest absolute Gasteiger partial charge is 0.104 e. The molecule has 0 heterocycles. The second kappa shape index (κ2) is 6.34. The van der Waals surface area contributed by atoms with Crippen LogP contribution in [0.4, 0.5) is 5.69 Å². The van der Waals surface area contributed by atoms with E-state index in [1.54, 1.807) is 0 Å². The van der Waals surface area contributed by atoms with Crippen LogP contribution in [0.25, 0.3) is 0 Å². The molecule has 0 aliphatic carbocycles. The predicted molar refractivity (Wildman–Crippen MR) is 85.7 cm³/mol. The van der Waals surface area contributed by atoms with Crippen molar-refractivity contribution in [3.8, 4) is 0 Å². The Labute approximate surface area is 119 Å². The van der Waals surface area contributed by atoms with Gasteiger partial charge >= 0.3 is 0 Å². The third-order valence-electron chi connectivity index (χ3n) is 3.15. The molecule has 0 spiro atoms. The second-order valence-corrected chi connectivity index (χ2v) is 5.01. The highest BCUT2D eigenvalue weighted by Crippen LogP contribution is 2.15. The molecule has 0 aliphatic rings. The van der Waals surface area contributed by atoms with Gasteiger partial charge in [0.05, 0.1) is 0 Å². The van der Waals surface area contributed by atoms with Crippen LogP contribution in [0, 0.1) is 0 Å². The number of rotatable bonds is 5. The molecular formula is C16H18N2S. The number of anilines is 1. The third-order valence-corrected chi connectivity index (χ3v) is 3.39. The summed E-state index contributed by atoms with van der Waals surface area (Å²) in [4.78, 5) is 2.66. The first-order valence-electron chi connectivity index (χ1n) is 6.32. The fourth-order valence-corrected chi connectivity index (χ4v) is 2.09. The molecule has 2 rings (SSSR count). The number of thiocarbonyl (C=S) groups is 1. The van der Waals surface area contributed by atoms with Crippen LogP contribution in [0.2, 0.25) is 0 Å². The van der Waals surface area contributed by atoms with E-state index in [1.807, 2.05) is 24.3 Å². The minimum atomic E-state index is 0.443. The van der Waals surface area contributed by atoms with Gasteiger partial charge in [-0.25, -0.2) is 0 Å². The number of nitrogens with zero attached hydrogens (tertiary/aromatic N) is 1. The molecule has 0 aromatic heterocycles. The van der Waals surface area contributed by atoms with Crippen molar-refractivity contribution in [2.75, 3.05) is 18.5 Å². The van der Waals surface area contributed by atoms with Crippen LogP contribution in [0.15, 0.2) is 54.6 Å². The summed E-state index contributed by atoms with van der Waals surface area (Å²) in [6, 6.07) is 18.5. The van der Waals surface area contributed by atoms with Gasteiger partial charge in [-0.3, -0.25) is 0 Å². The summed E-state index contributed by atoms with van der Waals surface area (Å²) in [5.41, 5.74) is 9.06. The van der Waals surface area contributed by atoms with Crippen LogP contribution < -0.4 is 10.6 Å². The Morgan fingerprint density at radius 3 is 2.53 bits per heavy atom. The standard InChI is InChI=1S/C16H18N2S/c1-18(11-10-13-6-3-2-4-7-13)15-9-5-8-14(12-15)16(17)19/h2-9,12H,10-11H2,1H3,(H2,17,19). The summed E-state index contributed by atoms with van der Waals surface area (Å²) in [5.74, 6) is 0. The number of hydrogen-bond acceptors (Lipinski definition) is 2. The van der Waals surface area contributed by atoms with Gasteiger partial charge < -0.3 is 10.6 Å². The fourth-order valence-electron chi connectivity index (χ4n) is 1.97. The number of likely N-dealkylation sites (N-methyl/N-ethyl adjacent to an activating group) is 1. The number of hydrogen-bond donors (Lipinski definition) is 1. The van der Waals surface area contributed by atoms with E-state index >= 15 is 0 Å². The van der Waals surface area contributed by atoms with Gasteiger partial charge in [0.2, 0.25) is 0 Å². The van der Waals surface area contributed by atoms with E-state index in [0.717, 1.165) is 24.2 Å². The predicted octanol–water partition coefficient (Wildman–Crippen LogP) is 3.00. The Hall–Kier alpha value is -1.87. The zero-order valence-electron chi connectivity index (χ0n) is 11.0. The highest BCUT2D eigenvalue weighted by Gasteiger charge is 2.03. The average molecular weight is 270 g/mol. The van der Waals surface area contributed by atoms with Crippen LogP contribution in [0.3, 0.4) is 0 Å². The van der Waals surface area contributed by atoms with Crippen molar-refractivity contribution in [3.63, 3.8) is 0 Å². The maximum absolute atomic E-state index is 5.66. The largest absolute Gasteiger partial charge is 0.389 e. The SMILES string of the molecule is CN(CCc1ccccc1)c1cccc(C(N)=S)c1. The molecule has 2 N–H and O–H groups in total. The van der Waals surface area contributed by atoms with Crippen LogP contribution in [0.5, 0.6) is 0 Å². The van der Waals surface area contributed by atoms with Crippen LogP contribution >= 0.6 is 12.2 Å². The van der Waals surface area contributed by atoms with E-state index in [4.69, 9.17) is 18.0 Å². The molecule has 2 nitrogen and oxygen atoms in total. The van der Waals surface area contributed by atoms with Crippen molar-refractivity contribution in [3.05, 3.63) is 65.7 Å². The molecule has 0 radical (unpaired) electrons. The molecule has 0 saturated heterocycles. The average Bonchev–Trinajstić information content (AvgIpc) is 2.46. The molecule has 0 atom stereocenters. The maximum Gasteiger partial charge on any atom is 0.104 e. The minimum Gasteiger partial charge on any atom is -0.389 e. The third kappa shape index (κ3) is 3.80. The lowest BCUT2D eigenvalue weighted by Crippen LogP contribution is -2.21. The molecule has 98 valence electrons. The molecule has 0 bridgehead atoms. The van der Waals surface area contributed by atoms with Crippen molar-refractivity contribution in [2.24, 2.45) is 5.73 Å². The Balaban J connectivity index is 2.02. The molecule has 3 heteroatoms. The molecule has 2 aromatic carbocycles. The van der Waals surface area contributed by atoms with Gasteiger partial charge in [-0.15, -0.1) is 0 Å². The van der Waals surface area contributed by atoms with Gasteiger partial charge in [0.15, 0.2) is 0 Å². The van der Waals surface area contributed by atoms with Gasteiger partial charge in [-0.1, -0.05) is 54.7 Å². The quantitative estimate of drug-likeness (QED) is 0.847. The summed E-state index contributed by atoms with van der Waals surface area (Å²) in [6.45, 7) is 0.963. The van der Waals surface area contributed by atoms with Crippen molar-refractivity contribution in [2.45, 2.75) is 6.42 Å². The Morgan fingerprint density at radius 2 is 1.84 bits per heavy atom. The summed E-state index contributed by atoms with van der Waals surface area (Å²) in [6.07, 6.45) is 1.02. The number of nitrogens with two attached hydrogens (primary N) is 1. The summed E-state index contributed by atoms with van der Waals surface area (Å²) < 4.78 is 0. The van der Waals surface area contributed by atoms with Crippen molar-refractivity contribution >= 4 is 22.9 Å². The second-order valence-electron chi connectivity index (χ2n) is 4.57. The Bertz CT molecular complexity index is 552. The molecule has 0 amide bonds. The highest BCUT2D eigenvalue weighted by atomic mass is 32.1. The van der Waals surface area contributed by atoms with Gasteiger partial charge in [0.25, 0.3) is 0 Å². The zero-order valence-corrected chi connectivity index (χ0v) is 11.9. The van der Waals surface area contributed by atoms with Crippen LogP contribution in [0.1, 0.15) is 11.1 Å². The van der Waals surface area contributed by atoms with Crippen molar-refractivity contribution in [1.82, 2.24) is 0 Å². The molecule has 0 fully saturated rings. The first-order valence-corrected chi connectivity index (χ1v) is 6.72. The van der Waals surface area contributed by atoms with E-state index in [9.17, 15) is 0 Å². The van der Waals surface area contributed by atoms with E-state index in [2.05, 4.69) is 42.3 Å². The summed E-state index contributed by atoms with van der Waals surface area (Å²) in [5, 5.41) is 0. The van der Waals surface area contributed by atoms with Crippen molar-refractivity contribution in [1.29, 1.82) is 0 Å². The van der Waals surface area contributed by atoms with Crippen molar-refractivity contribution < 1.29 is 0 Å². The minimum absolute atomic E-state index is 0.443. The summed E-state index contributed by atoms with van der Waals surface area (Å²) in [7, 11) is 2.08. The first kappa shape index (κ1) is 13.6. The molecule has 0 unspecified atom stereocenters. The van der Waals surface area contributed by atoms with Gasteiger partial charge in [-0.2, -0.15) is 0 Å². The monoisotopic (exact) mass is 270 g/mol. The lowest BCUT2D eigenvalue weighted by molar-refractivity contribution is 0.877. The first-order chi connectivity index (χ1) is 9.16. The molecular weight excluding hydrogens is 252 g/mol. The number of benzene rings is 2. The van der Waals surface area contributed by atoms with E-state index in [-0.39, 0.29) is 0 Å². The molecule has 0 aliphatic heterocycles. The Morgan fingerprint density at radius 1 is 1.11 bits per heavy atom. The fraction of sp³-hybridized carbons (Fsp3) is 0.188. The Kier molecular flexibility index (Phi) is 4.53. The van der Waals surface area contributed by atoms with Crippen LogP contribution in [-0.4, -0.2) is 18.6 Å². The normalized spacial score (nSPS) is 10.2. The maximum atomic E-state index is 5.66. The van der Waals surface area contributed by atoms with E-state index in [0.29, 0.717) is 4.99 Å². The lowest BCUT2D eigenvalue weighted by Gasteiger charge is -2.20. The van der Waals surface area contributed by atoms with E-state index in [1.165, 1.54) is 5.56 Å². The van der Waals surface area contributed by atoms with Crippen LogP contribution in [-0.2, 0) is 6.42 Å². The zero-order chi connectivity index (χ0) is 13.7. The van der Waals surface area contributed by atoms with Gasteiger partial charge in [0.1, 0.15) is 4.99 Å². The lowest BCUT2D eigenvalue weighted by atomic mass is 10.1. The van der Waals surface area contributed by atoms with Gasteiger partial charge in [0, 0.05) is 24.8 Å². The molecule has 19 heavy (non-hydrogen) atoms. The highest BCUT2D eigenvalue weighted by molar-refractivity contribution is 7.80. The summed E-state index contributed by atoms with van der Waals surface area (Å²) >= 11 is 5.01.